The zero-order valence-corrected chi connectivity index (χ0v) is 12.1. The predicted octanol–water partition coefficient (Wildman–Crippen LogP) is 2.49. The minimum absolute atomic E-state index is 0.260. The topological polar surface area (TPSA) is 67.3 Å². The van der Waals surface area contributed by atoms with Gasteiger partial charge in [0.2, 0.25) is 0 Å². The molecule has 0 radical (unpaired) electrons. The van der Waals surface area contributed by atoms with Gasteiger partial charge in [0.1, 0.15) is 5.02 Å². The van der Waals surface area contributed by atoms with Gasteiger partial charge < -0.3 is 15.2 Å². The monoisotopic (exact) mass is 285 g/mol. The zero-order valence-electron chi connectivity index (χ0n) is 11.3. The maximum Gasteiger partial charge on any atom is 0.318 e. The standard InChI is InChI=1S/C13H20ClN3O2/c1-9-3-5-13(18,6-4-9)8-16-11-10(14)7-15-12(17-11)19-2/h7,9,18H,3-6,8H2,1-2H3,(H,15,16,17). The summed E-state index contributed by atoms with van der Waals surface area (Å²) < 4.78 is 4.96. The molecule has 1 aromatic heterocycles. The SMILES string of the molecule is COc1ncc(Cl)c(NCC2(O)CCC(C)CC2)n1. The first-order chi connectivity index (χ1) is 9.02. The fraction of sp³-hybridized carbons (Fsp3) is 0.692. The van der Waals surface area contributed by atoms with Crippen LogP contribution in [0, 0.1) is 5.92 Å². The van der Waals surface area contributed by atoms with Gasteiger partial charge in [0.15, 0.2) is 5.82 Å². The second-order valence-electron chi connectivity index (χ2n) is 5.31. The molecule has 1 fully saturated rings. The third kappa shape index (κ3) is 3.70. The first-order valence-electron chi connectivity index (χ1n) is 6.55. The summed E-state index contributed by atoms with van der Waals surface area (Å²) in [6.45, 7) is 2.67. The van der Waals surface area contributed by atoms with Gasteiger partial charge >= 0.3 is 6.01 Å². The number of aliphatic hydroxyl groups is 1. The van der Waals surface area contributed by atoms with Gasteiger partial charge in [-0.15, -0.1) is 0 Å². The number of halogens is 1. The van der Waals surface area contributed by atoms with E-state index < -0.39 is 5.60 Å². The first-order valence-corrected chi connectivity index (χ1v) is 6.93. The van der Waals surface area contributed by atoms with Gasteiger partial charge in [-0.05, 0) is 31.6 Å². The van der Waals surface area contributed by atoms with Crippen molar-refractivity contribution in [3.63, 3.8) is 0 Å². The van der Waals surface area contributed by atoms with Crippen LogP contribution >= 0.6 is 11.6 Å². The van der Waals surface area contributed by atoms with Crippen molar-refractivity contribution in [1.29, 1.82) is 0 Å². The van der Waals surface area contributed by atoms with Gasteiger partial charge in [-0.3, -0.25) is 0 Å². The van der Waals surface area contributed by atoms with Crippen LogP contribution in [0.4, 0.5) is 5.82 Å². The summed E-state index contributed by atoms with van der Waals surface area (Å²) in [6.07, 6.45) is 5.21. The van der Waals surface area contributed by atoms with Crippen LogP contribution in [0.25, 0.3) is 0 Å². The van der Waals surface area contributed by atoms with E-state index in [4.69, 9.17) is 16.3 Å². The number of hydrogen-bond acceptors (Lipinski definition) is 5. The van der Waals surface area contributed by atoms with E-state index in [-0.39, 0.29) is 6.01 Å². The van der Waals surface area contributed by atoms with Crippen molar-refractivity contribution >= 4 is 17.4 Å². The van der Waals surface area contributed by atoms with Gasteiger partial charge in [0, 0.05) is 6.54 Å². The van der Waals surface area contributed by atoms with Crippen molar-refractivity contribution in [2.24, 2.45) is 5.92 Å². The Morgan fingerprint density at radius 1 is 1.53 bits per heavy atom. The third-order valence-electron chi connectivity index (χ3n) is 3.69. The highest BCUT2D eigenvalue weighted by Gasteiger charge is 2.31. The van der Waals surface area contributed by atoms with Crippen molar-refractivity contribution in [3.8, 4) is 6.01 Å². The van der Waals surface area contributed by atoms with Crippen molar-refractivity contribution < 1.29 is 9.84 Å². The first kappa shape index (κ1) is 14.3. The highest BCUT2D eigenvalue weighted by atomic mass is 35.5. The quantitative estimate of drug-likeness (QED) is 0.890. The van der Waals surface area contributed by atoms with E-state index in [1.54, 1.807) is 0 Å². The van der Waals surface area contributed by atoms with Gasteiger partial charge in [0.05, 0.1) is 18.9 Å². The molecule has 1 saturated carbocycles. The van der Waals surface area contributed by atoms with Crippen molar-refractivity contribution in [3.05, 3.63) is 11.2 Å². The molecule has 5 nitrogen and oxygen atoms in total. The molecule has 1 aliphatic rings. The molecule has 106 valence electrons. The van der Waals surface area contributed by atoms with E-state index in [1.165, 1.54) is 13.3 Å². The highest BCUT2D eigenvalue weighted by Crippen LogP contribution is 2.32. The van der Waals surface area contributed by atoms with Crippen LogP contribution < -0.4 is 10.1 Å². The number of ether oxygens (including phenoxy) is 1. The molecule has 2 N–H and O–H groups in total. The molecule has 1 heterocycles. The van der Waals surface area contributed by atoms with Gasteiger partial charge in [-0.2, -0.15) is 4.98 Å². The lowest BCUT2D eigenvalue weighted by Gasteiger charge is -2.35. The highest BCUT2D eigenvalue weighted by molar-refractivity contribution is 6.32. The fourth-order valence-corrected chi connectivity index (χ4v) is 2.46. The molecule has 0 aliphatic heterocycles. The molecule has 0 bridgehead atoms. The Morgan fingerprint density at radius 3 is 2.84 bits per heavy atom. The number of hydrogen-bond donors (Lipinski definition) is 2. The number of anilines is 1. The molecule has 1 aromatic rings. The normalized spacial score (nSPS) is 27.1. The van der Waals surface area contributed by atoms with Gasteiger partial charge in [-0.1, -0.05) is 18.5 Å². The van der Waals surface area contributed by atoms with E-state index in [9.17, 15) is 5.11 Å². The Labute approximate surface area is 118 Å². The van der Waals surface area contributed by atoms with Gasteiger partial charge in [-0.25, -0.2) is 4.98 Å². The fourth-order valence-electron chi connectivity index (χ4n) is 2.30. The lowest BCUT2D eigenvalue weighted by molar-refractivity contribution is 0.00494. The molecule has 0 saturated heterocycles. The van der Waals surface area contributed by atoms with E-state index in [0.29, 0.717) is 23.3 Å². The molecule has 2 rings (SSSR count). The Morgan fingerprint density at radius 2 is 2.21 bits per heavy atom. The number of nitrogens with one attached hydrogen (secondary N) is 1. The number of nitrogens with zero attached hydrogens (tertiary/aromatic N) is 2. The minimum Gasteiger partial charge on any atom is -0.467 e. The molecule has 0 unspecified atom stereocenters. The van der Waals surface area contributed by atoms with Crippen LogP contribution in [0.2, 0.25) is 5.02 Å². The van der Waals surface area contributed by atoms with Crippen LogP contribution in [0.15, 0.2) is 6.20 Å². The molecular weight excluding hydrogens is 266 g/mol. The van der Waals surface area contributed by atoms with Crippen molar-refractivity contribution in [1.82, 2.24) is 9.97 Å². The Balaban J connectivity index is 1.98. The molecule has 0 atom stereocenters. The molecule has 1 aliphatic carbocycles. The third-order valence-corrected chi connectivity index (χ3v) is 3.97. The maximum absolute atomic E-state index is 10.5. The van der Waals surface area contributed by atoms with Crippen LogP contribution in [0.5, 0.6) is 6.01 Å². The van der Waals surface area contributed by atoms with Crippen LogP contribution in [0.3, 0.4) is 0 Å². The second kappa shape index (κ2) is 5.92. The molecule has 19 heavy (non-hydrogen) atoms. The minimum atomic E-state index is -0.673. The van der Waals surface area contributed by atoms with E-state index in [0.717, 1.165) is 25.7 Å². The summed E-state index contributed by atoms with van der Waals surface area (Å²) in [6, 6.07) is 0.260. The Hall–Kier alpha value is -1.07. The summed E-state index contributed by atoms with van der Waals surface area (Å²) in [5.74, 6) is 1.20. The van der Waals surface area contributed by atoms with E-state index in [2.05, 4.69) is 22.2 Å². The molecule has 0 aromatic carbocycles. The predicted molar refractivity (Wildman–Crippen MR) is 74.7 cm³/mol. The zero-order chi connectivity index (χ0) is 13.9. The van der Waals surface area contributed by atoms with Crippen LogP contribution in [-0.2, 0) is 0 Å². The van der Waals surface area contributed by atoms with Crippen LogP contribution in [-0.4, -0.2) is 34.3 Å². The van der Waals surface area contributed by atoms with E-state index in [1.807, 2.05) is 0 Å². The number of rotatable bonds is 4. The summed E-state index contributed by atoms with van der Waals surface area (Å²) in [7, 11) is 1.50. The molecule has 0 amide bonds. The average molecular weight is 286 g/mol. The number of aromatic nitrogens is 2. The maximum atomic E-state index is 10.5. The average Bonchev–Trinajstić information content (AvgIpc) is 2.42. The van der Waals surface area contributed by atoms with E-state index >= 15 is 0 Å². The Bertz CT molecular complexity index is 434. The number of methoxy groups -OCH3 is 1. The smallest absolute Gasteiger partial charge is 0.318 e. The Kier molecular flexibility index (Phi) is 4.47. The van der Waals surface area contributed by atoms with Crippen molar-refractivity contribution in [2.75, 3.05) is 19.0 Å². The van der Waals surface area contributed by atoms with Crippen molar-refractivity contribution in [2.45, 2.75) is 38.2 Å². The molecule has 6 heteroatoms. The summed E-state index contributed by atoms with van der Waals surface area (Å²) in [4.78, 5) is 8.05. The summed E-state index contributed by atoms with van der Waals surface area (Å²) in [5, 5.41) is 14.0. The van der Waals surface area contributed by atoms with Gasteiger partial charge in [0.25, 0.3) is 0 Å². The largest absolute Gasteiger partial charge is 0.467 e. The lowest BCUT2D eigenvalue weighted by atomic mass is 9.79. The molecule has 0 spiro atoms. The summed E-state index contributed by atoms with van der Waals surface area (Å²) >= 11 is 6.01. The molecular formula is C13H20ClN3O2. The lowest BCUT2D eigenvalue weighted by Crippen LogP contribution is -2.40. The van der Waals surface area contributed by atoms with Crippen LogP contribution in [0.1, 0.15) is 32.6 Å². The second-order valence-corrected chi connectivity index (χ2v) is 5.72. The summed E-state index contributed by atoms with van der Waals surface area (Å²) in [5.41, 5.74) is -0.673.